The van der Waals surface area contributed by atoms with Crippen molar-refractivity contribution in [3.8, 4) is 22.9 Å². The van der Waals surface area contributed by atoms with Crippen LogP contribution in [0.4, 0.5) is 0 Å². The Morgan fingerprint density at radius 3 is 2.43 bits per heavy atom. The Bertz CT molecular complexity index is 1130. The molecule has 2 aromatic carbocycles. The SMILES string of the molecule is COc1ccc(-c2noc(CN3CCN(C(=O)C(C)Oc4cc(C)ccc4C(C)C)CC3)n2)cc1. The molecular weight excluding hydrogens is 444 g/mol. The summed E-state index contributed by atoms with van der Waals surface area (Å²) in [6, 6.07) is 13.7. The van der Waals surface area contributed by atoms with E-state index in [1.807, 2.05) is 49.1 Å². The average molecular weight is 479 g/mol. The lowest BCUT2D eigenvalue weighted by molar-refractivity contribution is -0.139. The first-order valence-corrected chi connectivity index (χ1v) is 12.1. The van der Waals surface area contributed by atoms with Crippen molar-refractivity contribution in [2.24, 2.45) is 0 Å². The highest BCUT2D eigenvalue weighted by atomic mass is 16.5. The van der Waals surface area contributed by atoms with Crippen LogP contribution in [-0.2, 0) is 11.3 Å². The van der Waals surface area contributed by atoms with E-state index in [4.69, 9.17) is 14.0 Å². The van der Waals surface area contributed by atoms with Gasteiger partial charge in [-0.1, -0.05) is 31.1 Å². The van der Waals surface area contributed by atoms with Crippen molar-refractivity contribution in [2.45, 2.75) is 46.3 Å². The molecule has 186 valence electrons. The Labute approximate surface area is 206 Å². The minimum absolute atomic E-state index is 0.0143. The number of carbonyl (C=O) groups excluding carboxylic acids is 1. The number of piperazine rings is 1. The first-order chi connectivity index (χ1) is 16.8. The second-order valence-electron chi connectivity index (χ2n) is 9.30. The molecule has 4 rings (SSSR count). The standard InChI is InChI=1S/C27H34N4O4/c1-18(2)23-11-6-19(3)16-24(23)34-20(4)27(32)31-14-12-30(13-15-31)17-25-28-26(29-35-25)21-7-9-22(33-5)10-8-21/h6-11,16,18,20H,12-15,17H2,1-5H3. The van der Waals surface area contributed by atoms with E-state index in [2.05, 4.69) is 41.0 Å². The molecule has 1 saturated heterocycles. The molecule has 1 unspecified atom stereocenters. The minimum atomic E-state index is -0.538. The monoisotopic (exact) mass is 478 g/mol. The first kappa shape index (κ1) is 24.7. The molecule has 1 aliphatic rings. The van der Waals surface area contributed by atoms with Gasteiger partial charge in [0.2, 0.25) is 11.7 Å². The molecule has 0 aliphatic carbocycles. The lowest BCUT2D eigenvalue weighted by atomic mass is 10.0. The van der Waals surface area contributed by atoms with Gasteiger partial charge >= 0.3 is 0 Å². The Kier molecular flexibility index (Phi) is 7.70. The number of carbonyl (C=O) groups is 1. The van der Waals surface area contributed by atoms with Crippen LogP contribution in [0.1, 0.15) is 43.7 Å². The molecule has 35 heavy (non-hydrogen) atoms. The summed E-state index contributed by atoms with van der Waals surface area (Å²) in [5.41, 5.74) is 3.11. The molecule has 0 bridgehead atoms. The van der Waals surface area contributed by atoms with Crippen molar-refractivity contribution in [2.75, 3.05) is 33.3 Å². The second-order valence-corrected chi connectivity index (χ2v) is 9.30. The molecule has 1 aliphatic heterocycles. The summed E-state index contributed by atoms with van der Waals surface area (Å²) in [6.07, 6.45) is -0.538. The number of rotatable bonds is 8. The highest BCUT2D eigenvalue weighted by Gasteiger charge is 2.27. The summed E-state index contributed by atoms with van der Waals surface area (Å²) in [6.45, 7) is 11.4. The normalized spacial score (nSPS) is 15.3. The summed E-state index contributed by atoms with van der Waals surface area (Å²) >= 11 is 0. The molecule has 0 radical (unpaired) electrons. The number of methoxy groups -OCH3 is 1. The van der Waals surface area contributed by atoms with Gasteiger partial charge in [0.1, 0.15) is 11.5 Å². The molecule has 1 atom stereocenters. The predicted molar refractivity (Wildman–Crippen MR) is 134 cm³/mol. The fourth-order valence-electron chi connectivity index (χ4n) is 4.21. The van der Waals surface area contributed by atoms with Crippen LogP contribution in [-0.4, -0.2) is 65.2 Å². The van der Waals surface area contributed by atoms with Crippen molar-refractivity contribution < 1.29 is 18.8 Å². The van der Waals surface area contributed by atoms with Gasteiger partial charge in [0.05, 0.1) is 13.7 Å². The van der Waals surface area contributed by atoms with Gasteiger partial charge in [-0.2, -0.15) is 4.98 Å². The van der Waals surface area contributed by atoms with E-state index >= 15 is 0 Å². The number of hydrogen-bond donors (Lipinski definition) is 0. The maximum atomic E-state index is 13.1. The van der Waals surface area contributed by atoms with Gasteiger partial charge in [-0.25, -0.2) is 0 Å². The van der Waals surface area contributed by atoms with Crippen LogP contribution in [0.3, 0.4) is 0 Å². The molecular formula is C27H34N4O4. The van der Waals surface area contributed by atoms with E-state index < -0.39 is 6.10 Å². The van der Waals surface area contributed by atoms with E-state index in [0.29, 0.717) is 37.3 Å². The van der Waals surface area contributed by atoms with Gasteiger partial charge in [-0.05, 0) is 61.2 Å². The van der Waals surface area contributed by atoms with E-state index in [1.54, 1.807) is 7.11 Å². The average Bonchev–Trinajstić information content (AvgIpc) is 3.32. The van der Waals surface area contributed by atoms with Crippen LogP contribution in [0.25, 0.3) is 11.4 Å². The maximum absolute atomic E-state index is 13.1. The van der Waals surface area contributed by atoms with Gasteiger partial charge in [-0.3, -0.25) is 9.69 Å². The molecule has 3 aromatic rings. The fourth-order valence-corrected chi connectivity index (χ4v) is 4.21. The van der Waals surface area contributed by atoms with Crippen LogP contribution in [0.2, 0.25) is 0 Å². The third-order valence-corrected chi connectivity index (χ3v) is 6.30. The highest BCUT2D eigenvalue weighted by molar-refractivity contribution is 5.81. The fraction of sp³-hybridized carbons (Fsp3) is 0.444. The minimum Gasteiger partial charge on any atom is -0.497 e. The lowest BCUT2D eigenvalue weighted by Crippen LogP contribution is -2.51. The Morgan fingerprint density at radius 2 is 1.77 bits per heavy atom. The van der Waals surface area contributed by atoms with E-state index in [1.165, 1.54) is 0 Å². The number of hydrogen-bond acceptors (Lipinski definition) is 7. The van der Waals surface area contributed by atoms with Crippen LogP contribution in [0.5, 0.6) is 11.5 Å². The van der Waals surface area contributed by atoms with Gasteiger partial charge in [0.15, 0.2) is 6.10 Å². The van der Waals surface area contributed by atoms with Gasteiger partial charge in [-0.15, -0.1) is 0 Å². The molecule has 2 heterocycles. The molecule has 8 heteroatoms. The number of aryl methyl sites for hydroxylation is 1. The van der Waals surface area contributed by atoms with E-state index in [0.717, 1.165) is 41.3 Å². The van der Waals surface area contributed by atoms with Crippen molar-refractivity contribution in [1.29, 1.82) is 0 Å². The summed E-state index contributed by atoms with van der Waals surface area (Å²) in [5, 5.41) is 4.10. The zero-order valence-corrected chi connectivity index (χ0v) is 21.2. The van der Waals surface area contributed by atoms with Crippen molar-refractivity contribution in [3.05, 3.63) is 59.5 Å². The Balaban J connectivity index is 1.30. The topological polar surface area (TPSA) is 80.9 Å². The molecule has 0 spiro atoms. The number of benzene rings is 2. The predicted octanol–water partition coefficient (Wildman–Crippen LogP) is 4.29. The quantitative estimate of drug-likeness (QED) is 0.478. The van der Waals surface area contributed by atoms with Gasteiger partial charge in [0, 0.05) is 31.7 Å². The van der Waals surface area contributed by atoms with Crippen LogP contribution < -0.4 is 9.47 Å². The highest BCUT2D eigenvalue weighted by Crippen LogP contribution is 2.28. The number of nitrogens with zero attached hydrogens (tertiary/aromatic N) is 4. The van der Waals surface area contributed by atoms with Crippen LogP contribution in [0.15, 0.2) is 47.0 Å². The summed E-state index contributed by atoms with van der Waals surface area (Å²) in [7, 11) is 1.63. The zero-order valence-electron chi connectivity index (χ0n) is 21.2. The molecule has 0 saturated carbocycles. The summed E-state index contributed by atoms with van der Waals surface area (Å²) in [4.78, 5) is 21.7. The largest absolute Gasteiger partial charge is 0.497 e. The van der Waals surface area contributed by atoms with E-state index in [-0.39, 0.29) is 5.91 Å². The Morgan fingerprint density at radius 1 is 1.06 bits per heavy atom. The molecule has 1 fully saturated rings. The maximum Gasteiger partial charge on any atom is 0.263 e. The van der Waals surface area contributed by atoms with Crippen LogP contribution in [0, 0.1) is 6.92 Å². The summed E-state index contributed by atoms with van der Waals surface area (Å²) in [5.74, 6) is 3.03. The lowest BCUT2D eigenvalue weighted by Gasteiger charge is -2.35. The van der Waals surface area contributed by atoms with Crippen molar-refractivity contribution in [3.63, 3.8) is 0 Å². The Hall–Kier alpha value is -3.39. The zero-order chi connectivity index (χ0) is 24.9. The first-order valence-electron chi connectivity index (χ1n) is 12.1. The van der Waals surface area contributed by atoms with Crippen molar-refractivity contribution in [1.82, 2.24) is 19.9 Å². The van der Waals surface area contributed by atoms with Gasteiger partial charge in [0.25, 0.3) is 5.91 Å². The molecule has 0 N–H and O–H groups in total. The van der Waals surface area contributed by atoms with Crippen LogP contribution >= 0.6 is 0 Å². The molecule has 8 nitrogen and oxygen atoms in total. The van der Waals surface area contributed by atoms with Gasteiger partial charge < -0.3 is 18.9 Å². The summed E-state index contributed by atoms with van der Waals surface area (Å²) < 4.78 is 16.8. The molecule has 1 amide bonds. The second kappa shape index (κ2) is 10.9. The third kappa shape index (κ3) is 6.00. The third-order valence-electron chi connectivity index (χ3n) is 6.30. The van der Waals surface area contributed by atoms with E-state index in [9.17, 15) is 4.79 Å². The molecule has 1 aromatic heterocycles. The van der Waals surface area contributed by atoms with Crippen molar-refractivity contribution >= 4 is 5.91 Å². The smallest absolute Gasteiger partial charge is 0.263 e. The number of aromatic nitrogens is 2. The number of amides is 1. The number of ether oxygens (including phenoxy) is 2.